The number of amides is 1. The van der Waals surface area contributed by atoms with Crippen LogP contribution in [-0.4, -0.2) is 57.5 Å². The van der Waals surface area contributed by atoms with Crippen LogP contribution in [0.4, 0.5) is 4.79 Å². The predicted molar refractivity (Wildman–Crippen MR) is 74.6 cm³/mol. The summed E-state index contributed by atoms with van der Waals surface area (Å²) in [7, 11) is 0. The van der Waals surface area contributed by atoms with Gasteiger partial charge in [0.15, 0.2) is 5.69 Å². The van der Waals surface area contributed by atoms with Crippen molar-refractivity contribution in [2.45, 2.75) is 32.4 Å². The van der Waals surface area contributed by atoms with Gasteiger partial charge in [-0.2, -0.15) is 0 Å². The van der Waals surface area contributed by atoms with E-state index in [-0.39, 0.29) is 17.7 Å². The first-order valence-corrected chi connectivity index (χ1v) is 6.96. The zero-order valence-electron chi connectivity index (χ0n) is 12.8. The van der Waals surface area contributed by atoms with Gasteiger partial charge >= 0.3 is 12.1 Å². The highest BCUT2D eigenvalue weighted by Gasteiger charge is 2.32. The van der Waals surface area contributed by atoms with Crippen LogP contribution in [0.2, 0.25) is 0 Å². The molecule has 2 rings (SSSR count). The first-order chi connectivity index (χ1) is 10.3. The maximum Gasteiger partial charge on any atom is 0.407 e. The van der Waals surface area contributed by atoms with Gasteiger partial charge in [0.25, 0.3) is 0 Å². The molecule has 0 aliphatic carbocycles. The number of ether oxygens (including phenoxy) is 2. The number of rotatable bonds is 4. The lowest BCUT2D eigenvalue weighted by atomic mass is 10.0. The molecule has 0 spiro atoms. The first-order valence-electron chi connectivity index (χ1n) is 6.96. The Morgan fingerprint density at radius 2 is 2.23 bits per heavy atom. The number of hydrogen-bond acceptors (Lipinski definition) is 6. The molecule has 9 nitrogen and oxygen atoms in total. The number of hydrogen-bond donors (Lipinski definition) is 2. The average molecular weight is 312 g/mol. The van der Waals surface area contributed by atoms with Crippen LogP contribution in [-0.2, 0) is 9.47 Å². The van der Waals surface area contributed by atoms with Crippen LogP contribution in [0.5, 0.6) is 0 Å². The molecule has 1 aromatic rings. The van der Waals surface area contributed by atoms with Crippen molar-refractivity contribution in [3.05, 3.63) is 11.9 Å². The Bertz CT molecular complexity index is 551. The van der Waals surface area contributed by atoms with Crippen molar-refractivity contribution in [2.24, 2.45) is 5.92 Å². The monoisotopic (exact) mass is 312 g/mol. The second-order valence-corrected chi connectivity index (χ2v) is 6.14. The van der Waals surface area contributed by atoms with Gasteiger partial charge in [-0.15, -0.1) is 5.10 Å². The van der Waals surface area contributed by atoms with E-state index in [1.165, 1.54) is 10.9 Å². The van der Waals surface area contributed by atoms with Crippen LogP contribution < -0.4 is 5.32 Å². The maximum absolute atomic E-state index is 11.7. The molecule has 1 aliphatic rings. The van der Waals surface area contributed by atoms with Gasteiger partial charge in [-0.25, -0.2) is 14.3 Å². The third kappa shape index (κ3) is 4.17. The molecule has 22 heavy (non-hydrogen) atoms. The van der Waals surface area contributed by atoms with Crippen LogP contribution in [0.1, 0.15) is 37.3 Å². The molecule has 2 atom stereocenters. The van der Waals surface area contributed by atoms with Crippen LogP contribution in [0, 0.1) is 5.92 Å². The molecule has 122 valence electrons. The molecule has 2 heterocycles. The van der Waals surface area contributed by atoms with E-state index < -0.39 is 17.7 Å². The summed E-state index contributed by atoms with van der Waals surface area (Å²) in [5.74, 6) is -1.16. The molecular formula is C13H20N4O5. The Balaban J connectivity index is 1.93. The molecule has 2 unspecified atom stereocenters. The maximum atomic E-state index is 11.7. The summed E-state index contributed by atoms with van der Waals surface area (Å²) in [4.78, 5) is 22.5. The van der Waals surface area contributed by atoms with E-state index in [0.717, 1.165) is 0 Å². The highest BCUT2D eigenvalue weighted by atomic mass is 16.6. The van der Waals surface area contributed by atoms with Gasteiger partial charge in [-0.1, -0.05) is 5.21 Å². The molecule has 2 N–H and O–H groups in total. The molecule has 1 amide bonds. The van der Waals surface area contributed by atoms with Crippen molar-refractivity contribution < 1.29 is 24.2 Å². The number of aromatic carboxylic acids is 1. The van der Waals surface area contributed by atoms with Crippen molar-refractivity contribution in [3.8, 4) is 0 Å². The van der Waals surface area contributed by atoms with Crippen molar-refractivity contribution in [2.75, 3.05) is 19.8 Å². The summed E-state index contributed by atoms with van der Waals surface area (Å²) in [6, 6.07) is -0.171. The van der Waals surface area contributed by atoms with Crippen LogP contribution >= 0.6 is 0 Å². The van der Waals surface area contributed by atoms with Crippen LogP contribution in [0.3, 0.4) is 0 Å². The summed E-state index contributed by atoms with van der Waals surface area (Å²) in [5.41, 5.74) is -0.677. The van der Waals surface area contributed by atoms with Gasteiger partial charge in [0.2, 0.25) is 0 Å². The Labute approximate surface area is 127 Å². The number of carboxylic acids is 1. The zero-order valence-corrected chi connectivity index (χ0v) is 12.8. The molecule has 1 fully saturated rings. The lowest BCUT2D eigenvalue weighted by molar-refractivity contribution is 0.0514. The van der Waals surface area contributed by atoms with E-state index in [1.807, 2.05) is 0 Å². The third-order valence-corrected chi connectivity index (χ3v) is 3.14. The van der Waals surface area contributed by atoms with E-state index in [0.29, 0.717) is 19.8 Å². The molecular weight excluding hydrogens is 292 g/mol. The summed E-state index contributed by atoms with van der Waals surface area (Å²) in [6.07, 6.45) is 0.866. The number of alkyl carbamates (subject to hydrolysis) is 1. The minimum absolute atomic E-state index is 0.0316. The molecule has 0 saturated carbocycles. The van der Waals surface area contributed by atoms with Crippen molar-refractivity contribution in [1.29, 1.82) is 0 Å². The number of aromatic nitrogens is 3. The molecule has 0 aromatic carbocycles. The number of carbonyl (C=O) groups excluding carboxylic acids is 1. The standard InChI is InChI=1S/C13H20N4O5/c1-13(2,3)22-12(20)14-4-8-6-21-7-10(8)17-5-9(11(18)19)15-16-17/h5,8,10H,4,6-7H2,1-3H3,(H,14,20)(H,18,19). The number of nitrogens with one attached hydrogen (secondary N) is 1. The molecule has 1 aliphatic heterocycles. The second kappa shape index (κ2) is 6.30. The van der Waals surface area contributed by atoms with E-state index >= 15 is 0 Å². The highest BCUT2D eigenvalue weighted by Crippen LogP contribution is 2.24. The molecule has 0 bridgehead atoms. The SMILES string of the molecule is CC(C)(C)OC(=O)NCC1COCC1n1cc(C(=O)O)nn1. The summed E-state index contributed by atoms with van der Waals surface area (Å²) in [6.45, 7) is 6.55. The van der Waals surface area contributed by atoms with Gasteiger partial charge < -0.3 is 19.9 Å². The molecule has 9 heteroatoms. The minimum atomic E-state index is -1.13. The van der Waals surface area contributed by atoms with Gasteiger partial charge in [-0.05, 0) is 20.8 Å². The molecule has 1 saturated heterocycles. The fourth-order valence-electron chi connectivity index (χ4n) is 2.14. The Hall–Kier alpha value is -2.16. The highest BCUT2D eigenvalue weighted by molar-refractivity contribution is 5.84. The Kier molecular flexibility index (Phi) is 4.65. The summed E-state index contributed by atoms with van der Waals surface area (Å²) in [5, 5.41) is 19.0. The van der Waals surface area contributed by atoms with Crippen molar-refractivity contribution >= 4 is 12.1 Å². The molecule has 0 radical (unpaired) electrons. The van der Waals surface area contributed by atoms with Crippen molar-refractivity contribution in [3.63, 3.8) is 0 Å². The first kappa shape index (κ1) is 16.2. The van der Waals surface area contributed by atoms with E-state index in [1.54, 1.807) is 20.8 Å². The van der Waals surface area contributed by atoms with Gasteiger partial charge in [0, 0.05) is 12.5 Å². The average Bonchev–Trinajstić information content (AvgIpc) is 3.02. The predicted octanol–water partition coefficient (Wildman–Crippen LogP) is 0.688. The largest absolute Gasteiger partial charge is 0.476 e. The number of nitrogens with zero attached hydrogens (tertiary/aromatic N) is 3. The Morgan fingerprint density at radius 1 is 1.50 bits per heavy atom. The minimum Gasteiger partial charge on any atom is -0.476 e. The normalized spacial score (nSPS) is 21.6. The number of carbonyl (C=O) groups is 2. The molecule has 1 aromatic heterocycles. The van der Waals surface area contributed by atoms with Gasteiger partial charge in [0.05, 0.1) is 25.5 Å². The third-order valence-electron chi connectivity index (χ3n) is 3.14. The van der Waals surface area contributed by atoms with Gasteiger partial charge in [0.1, 0.15) is 5.60 Å². The fourth-order valence-corrected chi connectivity index (χ4v) is 2.14. The summed E-state index contributed by atoms with van der Waals surface area (Å²) < 4.78 is 12.0. The van der Waals surface area contributed by atoms with E-state index in [2.05, 4.69) is 15.6 Å². The lowest BCUT2D eigenvalue weighted by Crippen LogP contribution is -2.37. The quantitative estimate of drug-likeness (QED) is 0.840. The fraction of sp³-hybridized carbons (Fsp3) is 0.692. The number of carboxylic acid groups (broad SMARTS) is 1. The Morgan fingerprint density at radius 3 is 2.82 bits per heavy atom. The summed E-state index contributed by atoms with van der Waals surface area (Å²) >= 11 is 0. The van der Waals surface area contributed by atoms with Crippen molar-refractivity contribution in [1.82, 2.24) is 20.3 Å². The van der Waals surface area contributed by atoms with Crippen LogP contribution in [0.15, 0.2) is 6.20 Å². The van der Waals surface area contributed by atoms with Crippen LogP contribution in [0.25, 0.3) is 0 Å². The van der Waals surface area contributed by atoms with E-state index in [9.17, 15) is 9.59 Å². The smallest absolute Gasteiger partial charge is 0.407 e. The topological polar surface area (TPSA) is 116 Å². The van der Waals surface area contributed by atoms with Gasteiger partial charge in [-0.3, -0.25) is 0 Å². The van der Waals surface area contributed by atoms with E-state index in [4.69, 9.17) is 14.6 Å². The lowest BCUT2D eigenvalue weighted by Gasteiger charge is -2.22. The second-order valence-electron chi connectivity index (χ2n) is 6.14. The zero-order chi connectivity index (χ0) is 16.3.